The number of hydrogen-bond donors (Lipinski definition) is 1. The van der Waals surface area contributed by atoms with Gasteiger partial charge in [0.2, 0.25) is 0 Å². The summed E-state index contributed by atoms with van der Waals surface area (Å²) in [5.74, 6) is 1.31. The number of aliphatic hydroxyl groups excluding tert-OH is 1. The Labute approximate surface area is 280 Å². The van der Waals surface area contributed by atoms with Crippen LogP contribution in [0.1, 0.15) is 58.9 Å². The van der Waals surface area contributed by atoms with Gasteiger partial charge >= 0.3 is 0 Å². The minimum absolute atomic E-state index is 0. The van der Waals surface area contributed by atoms with E-state index < -0.39 is 8.07 Å². The summed E-state index contributed by atoms with van der Waals surface area (Å²) in [5, 5.41) is 15.5. The number of aromatic nitrogens is 2. The summed E-state index contributed by atoms with van der Waals surface area (Å²) in [6.07, 6.45) is 10.5. The number of benzene rings is 2. The van der Waals surface area contributed by atoms with E-state index in [4.69, 9.17) is 4.42 Å². The molecule has 45 heavy (non-hydrogen) atoms. The van der Waals surface area contributed by atoms with E-state index >= 15 is 0 Å². The van der Waals surface area contributed by atoms with Gasteiger partial charge in [0.25, 0.3) is 0 Å². The van der Waals surface area contributed by atoms with Crippen LogP contribution in [-0.4, -0.2) is 35.1 Å². The molecular formula is C37H42IrN3O3Si-. The summed E-state index contributed by atoms with van der Waals surface area (Å²) >= 11 is 0. The first kappa shape index (κ1) is 34.4. The van der Waals surface area contributed by atoms with Gasteiger partial charge in [0, 0.05) is 73.0 Å². The van der Waals surface area contributed by atoms with Gasteiger partial charge in [0.05, 0.1) is 19.4 Å². The minimum Gasteiger partial charge on any atom is -0.512 e. The van der Waals surface area contributed by atoms with Crippen molar-refractivity contribution < 1.29 is 34.4 Å². The number of nitrogens with zero attached hydrogens (tertiary/aromatic N) is 3. The van der Waals surface area contributed by atoms with Crippen LogP contribution in [0.3, 0.4) is 0 Å². The monoisotopic (exact) mass is 797 g/mol. The molecule has 1 aliphatic rings. The SMILES string of the molecule is CCC(CC)C(=O)/C=C(\O)C(CC)CC.C[Si](C)(C)c1ccnc(-c2[c-]ccc3c2oc2c4c5c(nccc5cc23)N=C4)c1.[Ir]. The number of hydrogen-bond acceptors (Lipinski definition) is 6. The molecule has 1 radical (unpaired) electrons. The van der Waals surface area contributed by atoms with Gasteiger partial charge < -0.3 is 14.5 Å². The molecule has 0 unspecified atom stereocenters. The maximum Gasteiger partial charge on any atom is 0.162 e. The number of rotatable bonds is 9. The molecule has 3 aromatic heterocycles. The number of furan rings is 1. The molecule has 2 aromatic carbocycles. The molecule has 0 atom stereocenters. The van der Waals surface area contributed by atoms with E-state index in [0.29, 0.717) is 0 Å². The largest absolute Gasteiger partial charge is 0.512 e. The first-order valence-electron chi connectivity index (χ1n) is 15.7. The molecule has 0 saturated carbocycles. The number of carbonyl (C=O) groups excluding carboxylic acids is 1. The van der Waals surface area contributed by atoms with Gasteiger partial charge in [0.15, 0.2) is 11.6 Å². The number of fused-ring (bicyclic) bond motifs is 4. The predicted octanol–water partition coefficient (Wildman–Crippen LogP) is 9.47. The quantitative estimate of drug-likeness (QED) is 0.0682. The summed E-state index contributed by atoms with van der Waals surface area (Å²) in [5.41, 5.74) is 4.50. The normalized spacial score (nSPS) is 12.7. The Morgan fingerprint density at radius 3 is 2.29 bits per heavy atom. The van der Waals surface area contributed by atoms with Crippen molar-refractivity contribution in [3.8, 4) is 11.3 Å². The van der Waals surface area contributed by atoms with Crippen molar-refractivity contribution in [2.45, 2.75) is 73.0 Å². The molecule has 237 valence electrons. The Morgan fingerprint density at radius 2 is 1.62 bits per heavy atom. The molecule has 0 bridgehead atoms. The zero-order valence-electron chi connectivity index (χ0n) is 27.2. The van der Waals surface area contributed by atoms with Gasteiger partial charge in [-0.05, 0) is 55.0 Å². The van der Waals surface area contributed by atoms with E-state index in [-0.39, 0.29) is 43.5 Å². The van der Waals surface area contributed by atoms with Crippen LogP contribution in [0.4, 0.5) is 5.82 Å². The predicted molar refractivity (Wildman–Crippen MR) is 185 cm³/mol. The number of pyridine rings is 2. The average molecular weight is 797 g/mol. The minimum atomic E-state index is -1.45. The van der Waals surface area contributed by atoms with Crippen LogP contribution in [-0.2, 0) is 24.9 Å². The summed E-state index contributed by atoms with van der Waals surface area (Å²) in [7, 11) is -1.45. The fraction of sp³-hybridized carbons (Fsp3) is 0.351. The number of allylic oxidation sites excluding steroid dienone is 2. The third kappa shape index (κ3) is 6.88. The van der Waals surface area contributed by atoms with Gasteiger partial charge in [-0.15, -0.1) is 18.2 Å². The van der Waals surface area contributed by atoms with E-state index in [2.05, 4.69) is 64.9 Å². The van der Waals surface area contributed by atoms with E-state index in [1.165, 1.54) is 11.3 Å². The number of aliphatic imine (C=N–C) groups is 1. The van der Waals surface area contributed by atoms with Crippen molar-refractivity contribution in [2.75, 3.05) is 0 Å². The van der Waals surface area contributed by atoms with Crippen molar-refractivity contribution >= 4 is 63.8 Å². The van der Waals surface area contributed by atoms with Gasteiger partial charge in [-0.2, -0.15) is 0 Å². The first-order valence-corrected chi connectivity index (χ1v) is 19.2. The molecule has 4 heterocycles. The molecule has 6 nitrogen and oxygen atoms in total. The van der Waals surface area contributed by atoms with Crippen molar-refractivity contribution in [1.29, 1.82) is 0 Å². The van der Waals surface area contributed by atoms with Crippen molar-refractivity contribution in [3.63, 3.8) is 0 Å². The van der Waals surface area contributed by atoms with E-state index in [1.54, 1.807) is 0 Å². The molecule has 0 saturated heterocycles. The van der Waals surface area contributed by atoms with Gasteiger partial charge in [0.1, 0.15) is 5.58 Å². The molecule has 8 heteroatoms. The number of ketones is 1. The Kier molecular flexibility index (Phi) is 11.0. The fourth-order valence-electron chi connectivity index (χ4n) is 5.91. The number of carbonyl (C=O) groups is 1. The smallest absolute Gasteiger partial charge is 0.162 e. The van der Waals surface area contributed by atoms with E-state index in [1.807, 2.05) is 58.4 Å². The third-order valence-corrected chi connectivity index (χ3v) is 10.8. The van der Waals surface area contributed by atoms with Gasteiger partial charge in [-0.1, -0.05) is 69.5 Å². The van der Waals surface area contributed by atoms with Gasteiger partial charge in [-0.25, -0.2) is 9.98 Å². The molecule has 0 aliphatic carbocycles. The van der Waals surface area contributed by atoms with Crippen molar-refractivity contribution in [1.82, 2.24) is 9.97 Å². The molecule has 0 amide bonds. The summed E-state index contributed by atoms with van der Waals surface area (Å²) in [4.78, 5) is 25.2. The van der Waals surface area contributed by atoms with Gasteiger partial charge in [-0.3, -0.25) is 4.79 Å². The Bertz CT molecular complexity index is 1900. The zero-order chi connectivity index (χ0) is 31.6. The van der Waals surface area contributed by atoms with Crippen LogP contribution in [0.5, 0.6) is 0 Å². The fourth-order valence-corrected chi connectivity index (χ4v) is 7.05. The maximum absolute atomic E-state index is 11.7. The summed E-state index contributed by atoms with van der Waals surface area (Å²) in [6, 6.07) is 15.9. The molecule has 6 rings (SSSR count). The summed E-state index contributed by atoms with van der Waals surface area (Å²) in [6.45, 7) is 15.1. The topological polar surface area (TPSA) is 88.6 Å². The standard InChI is InChI=1S/C24H18N3OSi.C13H24O2.Ir/c1-29(2,3)15-8-10-25-20(12-15)17-6-4-5-16-18-11-14-7-9-26-24-21(14)19(13-27-24)23(18)28-22(16)17;1-5-10(6-2)12(14)9-13(15)11(7-3)8-4;/h4-5,7-13H,1-3H3;9-11,14H,5-8H2,1-4H3;/q-1;;/b;12-9-;. The average Bonchev–Trinajstić information content (AvgIpc) is 3.61. The van der Waals surface area contributed by atoms with Crippen LogP contribution in [0.15, 0.2) is 70.0 Å². The Balaban J connectivity index is 0.000000249. The van der Waals surface area contributed by atoms with Crippen LogP contribution >= 0.6 is 0 Å². The maximum atomic E-state index is 11.7. The van der Waals surface area contributed by atoms with Crippen LogP contribution < -0.4 is 5.19 Å². The third-order valence-electron chi connectivity index (χ3n) is 8.75. The molecule has 1 aliphatic heterocycles. The first-order chi connectivity index (χ1) is 21.1. The second-order valence-electron chi connectivity index (χ2n) is 12.5. The molecule has 1 N–H and O–H groups in total. The molecule has 0 fully saturated rings. The summed E-state index contributed by atoms with van der Waals surface area (Å²) < 4.78 is 6.45. The molecule has 5 aromatic rings. The molecular weight excluding hydrogens is 755 g/mol. The van der Waals surface area contributed by atoms with E-state index in [9.17, 15) is 9.90 Å². The van der Waals surface area contributed by atoms with Crippen LogP contribution in [0.25, 0.3) is 44.0 Å². The Morgan fingerprint density at radius 1 is 0.933 bits per heavy atom. The zero-order valence-corrected chi connectivity index (χ0v) is 30.6. The Hall–Kier alpha value is -3.45. The van der Waals surface area contributed by atoms with Crippen molar-refractivity contribution in [2.24, 2.45) is 16.8 Å². The molecule has 0 spiro atoms. The van der Waals surface area contributed by atoms with Crippen LogP contribution in [0, 0.1) is 17.9 Å². The van der Waals surface area contributed by atoms with Crippen LogP contribution in [0.2, 0.25) is 19.6 Å². The van der Waals surface area contributed by atoms with E-state index in [0.717, 1.165) is 81.0 Å². The second kappa shape index (κ2) is 14.3. The second-order valence-corrected chi connectivity index (χ2v) is 17.6. The number of aliphatic hydroxyl groups is 1. The van der Waals surface area contributed by atoms with Crippen molar-refractivity contribution in [3.05, 3.63) is 72.3 Å².